The van der Waals surface area contributed by atoms with Gasteiger partial charge in [-0.1, -0.05) is 13.8 Å². The Labute approximate surface area is 170 Å². The molecule has 0 saturated carbocycles. The molecule has 2 amide bonds. The number of carbonyl (C=O) groups is 2. The molecule has 2 aromatic heterocycles. The van der Waals surface area contributed by atoms with Crippen molar-refractivity contribution in [2.45, 2.75) is 39.3 Å². The molecule has 29 heavy (non-hydrogen) atoms. The number of nitrogens with zero attached hydrogens (tertiary/aromatic N) is 5. The van der Waals surface area contributed by atoms with Crippen molar-refractivity contribution in [3.63, 3.8) is 0 Å². The zero-order chi connectivity index (χ0) is 20.4. The van der Waals surface area contributed by atoms with E-state index in [9.17, 15) is 9.59 Å². The predicted octanol–water partition coefficient (Wildman–Crippen LogP) is 2.41. The summed E-state index contributed by atoms with van der Waals surface area (Å²) in [4.78, 5) is 32.7. The molecule has 0 radical (unpaired) electrons. The smallest absolute Gasteiger partial charge is 0.410 e. The third kappa shape index (κ3) is 4.41. The lowest BCUT2D eigenvalue weighted by Gasteiger charge is -2.44. The van der Waals surface area contributed by atoms with Crippen LogP contribution in [0.1, 0.15) is 26.7 Å². The summed E-state index contributed by atoms with van der Waals surface area (Å²) in [5.41, 5.74) is 1.69. The largest absolute Gasteiger partial charge is 0.449 e. The van der Waals surface area contributed by atoms with E-state index in [4.69, 9.17) is 4.74 Å². The van der Waals surface area contributed by atoms with Crippen LogP contribution in [0.25, 0.3) is 11.3 Å². The molecule has 0 unspecified atom stereocenters. The zero-order valence-electron chi connectivity index (χ0n) is 17.0. The van der Waals surface area contributed by atoms with E-state index >= 15 is 0 Å². The lowest BCUT2D eigenvalue weighted by molar-refractivity contribution is -0.133. The van der Waals surface area contributed by atoms with Crippen LogP contribution >= 0.6 is 0 Å². The third-order valence-corrected chi connectivity index (χ3v) is 5.57. The fourth-order valence-corrected chi connectivity index (χ4v) is 3.97. The van der Waals surface area contributed by atoms with E-state index < -0.39 is 0 Å². The van der Waals surface area contributed by atoms with Gasteiger partial charge in [0.05, 0.1) is 12.3 Å². The number of aromatic nitrogens is 3. The molecule has 8 heteroatoms. The Kier molecular flexibility index (Phi) is 5.25. The predicted molar refractivity (Wildman–Crippen MR) is 107 cm³/mol. The van der Waals surface area contributed by atoms with Crippen molar-refractivity contribution in [1.82, 2.24) is 24.6 Å². The standard InChI is InChI=1S/C21H27N5O3/c1-21(2)14-26(20(28)29-15-21)17-5-9-24(10-6-17)19(27)13-25-11-7-18(23-25)16-4-3-8-22-12-16/h3-4,7-8,11-12,17H,5-6,9-10,13-15H2,1-2H3. The Hall–Kier alpha value is -2.90. The van der Waals surface area contributed by atoms with Crippen molar-refractivity contribution >= 4 is 12.0 Å². The Morgan fingerprint density at radius 1 is 1.28 bits per heavy atom. The lowest BCUT2D eigenvalue weighted by atomic mass is 9.91. The van der Waals surface area contributed by atoms with E-state index in [1.807, 2.05) is 34.2 Å². The number of amides is 2. The van der Waals surface area contributed by atoms with Gasteiger partial charge in [0, 0.05) is 55.2 Å². The molecule has 2 aliphatic heterocycles. The van der Waals surface area contributed by atoms with Gasteiger partial charge in [0.25, 0.3) is 0 Å². The summed E-state index contributed by atoms with van der Waals surface area (Å²) in [6.07, 6.45) is 6.62. The molecule has 0 atom stereocenters. The van der Waals surface area contributed by atoms with Gasteiger partial charge in [-0.25, -0.2) is 4.79 Å². The first-order valence-electron chi connectivity index (χ1n) is 10.1. The van der Waals surface area contributed by atoms with E-state index in [0.29, 0.717) is 26.2 Å². The topological polar surface area (TPSA) is 80.6 Å². The van der Waals surface area contributed by atoms with Crippen molar-refractivity contribution in [3.05, 3.63) is 36.8 Å². The summed E-state index contributed by atoms with van der Waals surface area (Å²) in [5, 5.41) is 4.49. The number of hydrogen-bond donors (Lipinski definition) is 0. The summed E-state index contributed by atoms with van der Waals surface area (Å²) in [7, 11) is 0. The van der Waals surface area contributed by atoms with Gasteiger partial charge >= 0.3 is 6.09 Å². The van der Waals surface area contributed by atoms with Crippen molar-refractivity contribution < 1.29 is 14.3 Å². The molecule has 2 aromatic rings. The molecule has 0 aromatic carbocycles. The van der Waals surface area contributed by atoms with Crippen LogP contribution < -0.4 is 0 Å². The fourth-order valence-electron chi connectivity index (χ4n) is 3.97. The van der Waals surface area contributed by atoms with E-state index in [2.05, 4.69) is 23.9 Å². The fraction of sp³-hybridized carbons (Fsp3) is 0.524. The molecule has 8 nitrogen and oxygen atoms in total. The summed E-state index contributed by atoms with van der Waals surface area (Å²) in [5.74, 6) is 0.0471. The molecular formula is C21H27N5O3. The Morgan fingerprint density at radius 3 is 2.79 bits per heavy atom. The number of hydrogen-bond acceptors (Lipinski definition) is 5. The monoisotopic (exact) mass is 397 g/mol. The summed E-state index contributed by atoms with van der Waals surface area (Å²) in [6, 6.07) is 5.83. The highest BCUT2D eigenvalue weighted by atomic mass is 16.6. The van der Waals surface area contributed by atoms with Gasteiger partial charge in [-0.15, -0.1) is 0 Å². The summed E-state index contributed by atoms with van der Waals surface area (Å²) in [6.45, 7) is 6.88. The molecule has 0 N–H and O–H groups in total. The third-order valence-electron chi connectivity index (χ3n) is 5.57. The number of likely N-dealkylation sites (tertiary alicyclic amines) is 1. The van der Waals surface area contributed by atoms with Crippen LogP contribution in [-0.4, -0.2) is 68.8 Å². The lowest BCUT2D eigenvalue weighted by Crippen LogP contribution is -2.55. The van der Waals surface area contributed by atoms with Crippen LogP contribution in [0.3, 0.4) is 0 Å². The quantitative estimate of drug-likeness (QED) is 0.791. The maximum absolute atomic E-state index is 12.7. The summed E-state index contributed by atoms with van der Waals surface area (Å²) >= 11 is 0. The Balaban J connectivity index is 1.32. The number of cyclic esters (lactones) is 1. The van der Waals surface area contributed by atoms with E-state index in [1.54, 1.807) is 17.1 Å². The summed E-state index contributed by atoms with van der Waals surface area (Å²) < 4.78 is 7.01. The van der Waals surface area contributed by atoms with Crippen LogP contribution in [0, 0.1) is 5.41 Å². The van der Waals surface area contributed by atoms with E-state index in [0.717, 1.165) is 24.1 Å². The van der Waals surface area contributed by atoms with Crippen LogP contribution in [0.2, 0.25) is 0 Å². The minimum atomic E-state index is -0.228. The second kappa shape index (κ2) is 7.85. The molecule has 0 spiro atoms. The zero-order valence-corrected chi connectivity index (χ0v) is 17.0. The number of rotatable bonds is 4. The molecule has 0 bridgehead atoms. The second-order valence-corrected chi connectivity index (χ2v) is 8.60. The normalized spacial score (nSPS) is 19.9. The highest BCUT2D eigenvalue weighted by molar-refractivity contribution is 5.76. The molecule has 2 saturated heterocycles. The molecule has 2 aliphatic rings. The van der Waals surface area contributed by atoms with Crippen LogP contribution in [0.4, 0.5) is 4.79 Å². The molecule has 4 heterocycles. The molecule has 0 aliphatic carbocycles. The van der Waals surface area contributed by atoms with Crippen LogP contribution in [-0.2, 0) is 16.1 Å². The van der Waals surface area contributed by atoms with Crippen LogP contribution in [0.15, 0.2) is 36.8 Å². The van der Waals surface area contributed by atoms with Crippen LogP contribution in [0.5, 0.6) is 0 Å². The molecule has 2 fully saturated rings. The average molecular weight is 397 g/mol. The molecular weight excluding hydrogens is 370 g/mol. The van der Waals surface area contributed by atoms with E-state index in [-0.39, 0.29) is 30.0 Å². The number of carbonyl (C=O) groups excluding carboxylic acids is 2. The minimum absolute atomic E-state index is 0.0348. The first-order chi connectivity index (χ1) is 13.9. The molecule has 4 rings (SSSR count). The first-order valence-corrected chi connectivity index (χ1v) is 10.1. The Morgan fingerprint density at radius 2 is 2.07 bits per heavy atom. The second-order valence-electron chi connectivity index (χ2n) is 8.60. The Bertz CT molecular complexity index is 871. The highest BCUT2D eigenvalue weighted by Crippen LogP contribution is 2.28. The SMILES string of the molecule is CC1(C)COC(=O)N(C2CCN(C(=O)Cn3ccc(-c4cccnc4)n3)CC2)C1. The van der Waals surface area contributed by atoms with E-state index in [1.165, 1.54) is 0 Å². The van der Waals surface area contributed by atoms with Gasteiger partial charge in [0.2, 0.25) is 5.91 Å². The average Bonchev–Trinajstić information content (AvgIpc) is 3.19. The van der Waals surface area contributed by atoms with Gasteiger partial charge in [0.15, 0.2) is 0 Å². The van der Waals surface area contributed by atoms with Gasteiger partial charge in [-0.3, -0.25) is 14.5 Å². The maximum atomic E-state index is 12.7. The minimum Gasteiger partial charge on any atom is -0.449 e. The van der Waals surface area contributed by atoms with Crippen molar-refractivity contribution in [2.24, 2.45) is 5.41 Å². The van der Waals surface area contributed by atoms with Gasteiger partial charge < -0.3 is 14.5 Å². The molecule has 154 valence electrons. The van der Waals surface area contributed by atoms with Gasteiger partial charge in [-0.05, 0) is 31.0 Å². The van der Waals surface area contributed by atoms with Crippen molar-refractivity contribution in [3.8, 4) is 11.3 Å². The first kappa shape index (κ1) is 19.4. The van der Waals surface area contributed by atoms with Gasteiger partial charge in [-0.2, -0.15) is 5.10 Å². The van der Waals surface area contributed by atoms with Crippen molar-refractivity contribution in [2.75, 3.05) is 26.2 Å². The highest BCUT2D eigenvalue weighted by Gasteiger charge is 2.38. The maximum Gasteiger partial charge on any atom is 0.410 e. The van der Waals surface area contributed by atoms with Gasteiger partial charge in [0.1, 0.15) is 6.54 Å². The number of piperidine rings is 1. The van der Waals surface area contributed by atoms with Crippen molar-refractivity contribution in [1.29, 1.82) is 0 Å². The number of ether oxygens (including phenoxy) is 1. The number of pyridine rings is 1.